The van der Waals surface area contributed by atoms with Gasteiger partial charge < -0.3 is 4.52 Å². The van der Waals surface area contributed by atoms with Crippen LogP contribution in [0.2, 0.25) is 0 Å². The summed E-state index contributed by atoms with van der Waals surface area (Å²) in [5, 5.41) is 3.82. The van der Waals surface area contributed by atoms with Crippen LogP contribution in [0.4, 0.5) is 0 Å². The molecule has 0 spiro atoms. The summed E-state index contributed by atoms with van der Waals surface area (Å²) < 4.78 is 5.47. The van der Waals surface area contributed by atoms with Crippen molar-refractivity contribution in [1.29, 1.82) is 0 Å². The molecule has 1 heterocycles. The standard InChI is InChI=1S/C13H21ClN2O/c1-9(2)8-13(6-4-5-7-13)12-15-11(10(3)14)16-17-12/h9-10H,4-8H2,1-3H3. The lowest BCUT2D eigenvalue weighted by atomic mass is 9.78. The molecule has 0 aromatic carbocycles. The van der Waals surface area contributed by atoms with E-state index in [1.807, 2.05) is 6.92 Å². The van der Waals surface area contributed by atoms with E-state index >= 15 is 0 Å². The first kappa shape index (κ1) is 12.9. The SMILES string of the molecule is CC(C)CC1(c2nc(C(C)Cl)no2)CCCC1. The lowest BCUT2D eigenvalue weighted by Gasteiger charge is -2.26. The Morgan fingerprint density at radius 3 is 2.41 bits per heavy atom. The van der Waals surface area contributed by atoms with E-state index in [0.29, 0.717) is 11.7 Å². The van der Waals surface area contributed by atoms with E-state index in [1.54, 1.807) is 0 Å². The van der Waals surface area contributed by atoms with Crippen LogP contribution < -0.4 is 0 Å². The van der Waals surface area contributed by atoms with Crippen molar-refractivity contribution < 1.29 is 4.52 Å². The highest BCUT2D eigenvalue weighted by Gasteiger charge is 2.41. The molecule has 4 heteroatoms. The third-order valence-corrected chi connectivity index (χ3v) is 3.81. The van der Waals surface area contributed by atoms with Crippen molar-refractivity contribution in [3.8, 4) is 0 Å². The number of rotatable bonds is 4. The Balaban J connectivity index is 2.25. The molecule has 1 unspecified atom stereocenters. The van der Waals surface area contributed by atoms with Gasteiger partial charge in [0.05, 0.1) is 5.38 Å². The van der Waals surface area contributed by atoms with E-state index in [-0.39, 0.29) is 10.8 Å². The summed E-state index contributed by atoms with van der Waals surface area (Å²) in [4.78, 5) is 4.51. The molecule has 0 radical (unpaired) electrons. The molecule has 3 nitrogen and oxygen atoms in total. The fraction of sp³-hybridized carbons (Fsp3) is 0.846. The van der Waals surface area contributed by atoms with Crippen molar-refractivity contribution in [2.75, 3.05) is 0 Å². The average molecular weight is 257 g/mol. The van der Waals surface area contributed by atoms with Gasteiger partial charge in [0.15, 0.2) is 5.82 Å². The van der Waals surface area contributed by atoms with Gasteiger partial charge in [-0.2, -0.15) is 4.98 Å². The van der Waals surface area contributed by atoms with Gasteiger partial charge in [0.25, 0.3) is 0 Å². The molecule has 1 atom stereocenters. The summed E-state index contributed by atoms with van der Waals surface area (Å²) in [6.07, 6.45) is 6.00. The summed E-state index contributed by atoms with van der Waals surface area (Å²) in [7, 11) is 0. The first-order valence-electron chi connectivity index (χ1n) is 6.52. The lowest BCUT2D eigenvalue weighted by molar-refractivity contribution is 0.243. The number of halogens is 1. The van der Waals surface area contributed by atoms with Gasteiger partial charge >= 0.3 is 0 Å². The summed E-state index contributed by atoms with van der Waals surface area (Å²) in [5.74, 6) is 2.08. The summed E-state index contributed by atoms with van der Waals surface area (Å²) in [6.45, 7) is 6.38. The van der Waals surface area contributed by atoms with Gasteiger partial charge in [0.1, 0.15) is 0 Å². The molecular weight excluding hydrogens is 236 g/mol. The van der Waals surface area contributed by atoms with Gasteiger partial charge in [-0.05, 0) is 32.1 Å². The first-order valence-corrected chi connectivity index (χ1v) is 6.95. The highest BCUT2D eigenvalue weighted by atomic mass is 35.5. The number of nitrogens with zero attached hydrogens (tertiary/aromatic N) is 2. The quantitative estimate of drug-likeness (QED) is 0.757. The third-order valence-electron chi connectivity index (χ3n) is 3.61. The zero-order valence-electron chi connectivity index (χ0n) is 10.9. The molecule has 1 fully saturated rings. The predicted molar refractivity (Wildman–Crippen MR) is 68.2 cm³/mol. The Labute approximate surface area is 108 Å². The first-order chi connectivity index (χ1) is 8.03. The summed E-state index contributed by atoms with van der Waals surface area (Å²) >= 11 is 5.99. The minimum absolute atomic E-state index is 0.116. The van der Waals surface area contributed by atoms with Crippen LogP contribution in [-0.4, -0.2) is 10.1 Å². The third kappa shape index (κ3) is 2.65. The number of hydrogen-bond acceptors (Lipinski definition) is 3. The number of hydrogen-bond donors (Lipinski definition) is 0. The van der Waals surface area contributed by atoms with E-state index in [1.165, 1.54) is 25.7 Å². The lowest BCUT2D eigenvalue weighted by Crippen LogP contribution is -2.24. The number of aromatic nitrogens is 2. The van der Waals surface area contributed by atoms with Crippen LogP contribution in [0.5, 0.6) is 0 Å². The van der Waals surface area contributed by atoms with Gasteiger partial charge in [0, 0.05) is 5.41 Å². The highest BCUT2D eigenvalue weighted by molar-refractivity contribution is 6.20. The van der Waals surface area contributed by atoms with Crippen LogP contribution in [-0.2, 0) is 5.41 Å². The fourth-order valence-electron chi connectivity index (χ4n) is 2.95. The Morgan fingerprint density at radius 2 is 1.94 bits per heavy atom. The molecule has 0 saturated heterocycles. The van der Waals surface area contributed by atoms with E-state index < -0.39 is 0 Å². The minimum Gasteiger partial charge on any atom is -0.339 e. The molecule has 1 aromatic heterocycles. The second-order valence-corrected chi connectivity index (χ2v) is 6.31. The minimum atomic E-state index is -0.176. The largest absolute Gasteiger partial charge is 0.339 e. The van der Waals surface area contributed by atoms with E-state index in [9.17, 15) is 0 Å². The van der Waals surface area contributed by atoms with Crippen LogP contribution in [0.1, 0.15) is 70.0 Å². The molecule has 0 N–H and O–H groups in total. The van der Waals surface area contributed by atoms with Gasteiger partial charge in [-0.1, -0.05) is 31.8 Å². The van der Waals surface area contributed by atoms with Crippen LogP contribution >= 0.6 is 11.6 Å². The molecule has 1 saturated carbocycles. The Hall–Kier alpha value is -0.570. The zero-order valence-corrected chi connectivity index (χ0v) is 11.6. The predicted octanol–water partition coefficient (Wildman–Crippen LogP) is 4.23. The van der Waals surface area contributed by atoms with Crippen LogP contribution in [0, 0.1) is 5.92 Å². The van der Waals surface area contributed by atoms with Crippen molar-refractivity contribution >= 4 is 11.6 Å². The summed E-state index contributed by atoms with van der Waals surface area (Å²) in [6, 6.07) is 0. The van der Waals surface area contributed by atoms with Gasteiger partial charge in [0.2, 0.25) is 5.89 Å². The van der Waals surface area contributed by atoms with Crippen molar-refractivity contribution in [3.05, 3.63) is 11.7 Å². The smallest absolute Gasteiger partial charge is 0.232 e. The van der Waals surface area contributed by atoms with Crippen molar-refractivity contribution in [2.24, 2.45) is 5.92 Å². The maximum absolute atomic E-state index is 5.99. The van der Waals surface area contributed by atoms with Crippen LogP contribution in [0.15, 0.2) is 4.52 Å². The van der Waals surface area contributed by atoms with E-state index in [4.69, 9.17) is 16.1 Å². The highest BCUT2D eigenvalue weighted by Crippen LogP contribution is 2.45. The van der Waals surface area contributed by atoms with Gasteiger partial charge in [-0.3, -0.25) is 0 Å². The Bertz CT molecular complexity index is 367. The van der Waals surface area contributed by atoms with Crippen molar-refractivity contribution in [3.63, 3.8) is 0 Å². The monoisotopic (exact) mass is 256 g/mol. The molecule has 0 amide bonds. The second-order valence-electron chi connectivity index (χ2n) is 5.66. The maximum atomic E-state index is 5.99. The topological polar surface area (TPSA) is 38.9 Å². The van der Waals surface area contributed by atoms with Gasteiger partial charge in [-0.15, -0.1) is 11.6 Å². The normalized spacial score (nSPS) is 21.0. The Kier molecular flexibility index (Phi) is 3.76. The van der Waals surface area contributed by atoms with E-state index in [2.05, 4.69) is 24.0 Å². The van der Waals surface area contributed by atoms with Crippen LogP contribution in [0.25, 0.3) is 0 Å². The zero-order chi connectivity index (χ0) is 12.5. The van der Waals surface area contributed by atoms with Crippen molar-refractivity contribution in [1.82, 2.24) is 10.1 Å². The molecule has 0 bridgehead atoms. The van der Waals surface area contributed by atoms with Crippen LogP contribution in [0.3, 0.4) is 0 Å². The molecule has 1 aromatic rings. The van der Waals surface area contributed by atoms with E-state index in [0.717, 1.165) is 12.3 Å². The molecule has 1 aliphatic carbocycles. The average Bonchev–Trinajstić information content (AvgIpc) is 2.83. The van der Waals surface area contributed by atoms with Gasteiger partial charge in [-0.25, -0.2) is 0 Å². The second kappa shape index (κ2) is 4.97. The Morgan fingerprint density at radius 1 is 1.29 bits per heavy atom. The molecule has 1 aliphatic rings. The number of alkyl halides is 1. The molecule has 0 aliphatic heterocycles. The molecular formula is C13H21ClN2O. The molecule has 2 rings (SSSR count). The molecule has 96 valence electrons. The fourth-order valence-corrected chi connectivity index (χ4v) is 3.04. The molecule has 17 heavy (non-hydrogen) atoms. The maximum Gasteiger partial charge on any atom is 0.232 e. The summed E-state index contributed by atoms with van der Waals surface area (Å²) in [5.41, 5.74) is 0.116. The van der Waals surface area contributed by atoms with Crippen molar-refractivity contribution in [2.45, 2.75) is 63.7 Å².